The molecule has 1 saturated heterocycles. The molecule has 2 aliphatic rings. The van der Waals surface area contributed by atoms with Gasteiger partial charge in [0, 0.05) is 24.3 Å². The van der Waals surface area contributed by atoms with Crippen LogP contribution in [0.4, 0.5) is 20.3 Å². The predicted molar refractivity (Wildman–Crippen MR) is 102 cm³/mol. The molecule has 1 aromatic heterocycles. The molecule has 4 rings (SSSR count). The zero-order valence-electron chi connectivity index (χ0n) is 15.9. The van der Waals surface area contributed by atoms with Crippen LogP contribution >= 0.6 is 0 Å². The number of piperidine rings is 1. The number of aromatic nitrogens is 2. The average molecular weight is 398 g/mol. The Balaban J connectivity index is 1.66. The second-order valence-electron chi connectivity index (χ2n) is 7.47. The Bertz CT molecular complexity index is 995. The van der Waals surface area contributed by atoms with E-state index in [1.54, 1.807) is 4.90 Å². The van der Waals surface area contributed by atoms with Crippen molar-refractivity contribution in [3.8, 4) is 6.07 Å². The van der Waals surface area contributed by atoms with Crippen LogP contribution in [0.15, 0.2) is 24.7 Å². The van der Waals surface area contributed by atoms with Crippen molar-refractivity contribution in [3.63, 3.8) is 0 Å². The molecule has 0 radical (unpaired) electrons. The second kappa shape index (κ2) is 7.37. The number of nitrogens with zero attached hydrogens (tertiary/aromatic N) is 4. The number of hydrogen-bond acceptors (Lipinski definition) is 6. The summed E-state index contributed by atoms with van der Waals surface area (Å²) >= 11 is 0. The van der Waals surface area contributed by atoms with E-state index in [-0.39, 0.29) is 12.5 Å². The number of alkyl halides is 2. The summed E-state index contributed by atoms with van der Waals surface area (Å²) in [5.41, 5.74) is 2.78. The molecule has 29 heavy (non-hydrogen) atoms. The van der Waals surface area contributed by atoms with Gasteiger partial charge in [0.15, 0.2) is 5.82 Å². The van der Waals surface area contributed by atoms with Gasteiger partial charge in [-0.15, -0.1) is 0 Å². The molecule has 1 fully saturated rings. The zero-order valence-corrected chi connectivity index (χ0v) is 15.9. The molecule has 2 aliphatic heterocycles. The summed E-state index contributed by atoms with van der Waals surface area (Å²) in [7, 11) is 0. The number of rotatable bonds is 4. The van der Waals surface area contributed by atoms with E-state index in [2.05, 4.69) is 20.6 Å². The lowest BCUT2D eigenvalue weighted by Gasteiger charge is -2.39. The second-order valence-corrected chi connectivity index (χ2v) is 7.47. The number of anilines is 2. The lowest BCUT2D eigenvalue weighted by molar-refractivity contribution is 0.0554. The number of aryl methyl sites for hydroxylation is 1. The smallest absolute Gasteiger partial charge is 0.252 e. The van der Waals surface area contributed by atoms with E-state index < -0.39 is 12.0 Å². The number of carbonyl (C=O) groups is 1. The van der Waals surface area contributed by atoms with Crippen molar-refractivity contribution in [2.24, 2.45) is 0 Å². The fourth-order valence-corrected chi connectivity index (χ4v) is 4.24. The first-order valence-electron chi connectivity index (χ1n) is 9.37. The quantitative estimate of drug-likeness (QED) is 0.823. The van der Waals surface area contributed by atoms with Gasteiger partial charge in [-0.25, -0.2) is 18.7 Å². The van der Waals surface area contributed by atoms with E-state index in [9.17, 15) is 18.8 Å². The van der Waals surface area contributed by atoms with Gasteiger partial charge in [0.05, 0.1) is 18.3 Å². The van der Waals surface area contributed by atoms with Gasteiger partial charge < -0.3 is 10.6 Å². The van der Waals surface area contributed by atoms with Gasteiger partial charge in [-0.1, -0.05) is 0 Å². The topological polar surface area (TPSA) is 93.9 Å². The molecule has 1 aromatic carbocycles. The molecule has 7 nitrogen and oxygen atoms in total. The van der Waals surface area contributed by atoms with Gasteiger partial charge in [0.25, 0.3) is 12.3 Å². The summed E-state index contributed by atoms with van der Waals surface area (Å²) in [5, 5.41) is 15.5. The lowest BCUT2D eigenvalue weighted by Crippen LogP contribution is -2.50. The highest BCUT2D eigenvalue weighted by Gasteiger charge is 2.45. The van der Waals surface area contributed by atoms with Crippen LogP contribution in [-0.4, -0.2) is 46.8 Å². The molecule has 2 aromatic rings. The van der Waals surface area contributed by atoms with E-state index >= 15 is 0 Å². The first-order valence-corrected chi connectivity index (χ1v) is 9.37. The molecule has 0 saturated carbocycles. The molecular weight excluding hydrogens is 378 g/mol. The van der Waals surface area contributed by atoms with E-state index in [1.165, 1.54) is 12.5 Å². The van der Waals surface area contributed by atoms with Crippen LogP contribution in [0.2, 0.25) is 0 Å². The molecule has 0 unspecified atom stereocenters. The highest BCUT2D eigenvalue weighted by Crippen LogP contribution is 2.42. The Morgan fingerprint density at radius 1 is 1.38 bits per heavy atom. The number of nitriles is 1. The van der Waals surface area contributed by atoms with Crippen LogP contribution in [0.3, 0.4) is 0 Å². The van der Waals surface area contributed by atoms with Gasteiger partial charge in [-0.2, -0.15) is 5.26 Å². The molecule has 1 spiro atoms. The summed E-state index contributed by atoms with van der Waals surface area (Å²) < 4.78 is 25.4. The maximum atomic E-state index is 12.7. The summed E-state index contributed by atoms with van der Waals surface area (Å²) in [6.45, 7) is 2.60. The third-order valence-corrected chi connectivity index (χ3v) is 5.63. The molecule has 0 aliphatic carbocycles. The third kappa shape index (κ3) is 3.51. The minimum Gasteiger partial charge on any atom is -0.342 e. The molecule has 1 amide bonds. The molecule has 0 bridgehead atoms. The first-order chi connectivity index (χ1) is 13.9. The van der Waals surface area contributed by atoms with Crippen LogP contribution in [0.25, 0.3) is 0 Å². The predicted octanol–water partition coefficient (Wildman–Crippen LogP) is 2.70. The average Bonchev–Trinajstić information content (AvgIpc) is 2.96. The Morgan fingerprint density at radius 2 is 2.14 bits per heavy atom. The standard InChI is InChI=1S/C20H20F2N6O/c1-12-6-14(26-18-13(8-23)9-24-11-25-18)7-15-17(12)19(29)27-20(15)2-4-28(5-3-20)10-16(21)22/h6-7,9,11,16H,2-5,10H2,1H3,(H,27,29)(H,24,25,26). The Hall–Kier alpha value is -3.12. The van der Waals surface area contributed by atoms with Crippen LogP contribution in [0.1, 0.15) is 39.9 Å². The molecule has 0 atom stereocenters. The SMILES string of the molecule is Cc1cc(Nc2ncncc2C#N)cc2c1C(=O)NC21CCN(CC(F)F)CC1. The van der Waals surface area contributed by atoms with E-state index in [4.69, 9.17) is 0 Å². The minimum atomic E-state index is -2.37. The lowest BCUT2D eigenvalue weighted by atomic mass is 9.80. The highest BCUT2D eigenvalue weighted by atomic mass is 19.3. The third-order valence-electron chi connectivity index (χ3n) is 5.63. The van der Waals surface area contributed by atoms with Gasteiger partial charge in [-0.05, 0) is 43.0 Å². The van der Waals surface area contributed by atoms with Crippen molar-refractivity contribution in [2.75, 3.05) is 25.0 Å². The van der Waals surface area contributed by atoms with Gasteiger partial charge in [0.1, 0.15) is 18.0 Å². The van der Waals surface area contributed by atoms with Crippen LogP contribution in [0.5, 0.6) is 0 Å². The van der Waals surface area contributed by atoms with Crippen molar-refractivity contribution in [3.05, 3.63) is 46.9 Å². The summed E-state index contributed by atoms with van der Waals surface area (Å²) in [5.74, 6) is 0.256. The number of carbonyl (C=O) groups excluding carboxylic acids is 1. The van der Waals surface area contributed by atoms with Gasteiger partial charge in [-0.3, -0.25) is 9.69 Å². The molecule has 150 valence electrons. The van der Waals surface area contributed by atoms with Crippen molar-refractivity contribution < 1.29 is 13.6 Å². The van der Waals surface area contributed by atoms with E-state index in [1.807, 2.05) is 25.1 Å². The summed E-state index contributed by atoms with van der Waals surface area (Å²) in [6, 6.07) is 5.78. The summed E-state index contributed by atoms with van der Waals surface area (Å²) in [4.78, 5) is 22.4. The van der Waals surface area contributed by atoms with Crippen LogP contribution in [0, 0.1) is 18.3 Å². The molecule has 3 heterocycles. The maximum Gasteiger partial charge on any atom is 0.252 e. The van der Waals surface area contributed by atoms with Crippen molar-refractivity contribution in [1.82, 2.24) is 20.2 Å². The van der Waals surface area contributed by atoms with Gasteiger partial charge >= 0.3 is 0 Å². The fraction of sp³-hybridized carbons (Fsp3) is 0.400. The monoisotopic (exact) mass is 398 g/mol. The molecule has 9 heteroatoms. The number of benzene rings is 1. The summed E-state index contributed by atoms with van der Waals surface area (Å²) in [6.07, 6.45) is 1.56. The van der Waals surface area contributed by atoms with Crippen LogP contribution in [-0.2, 0) is 5.54 Å². The normalized spacial score (nSPS) is 17.8. The highest BCUT2D eigenvalue weighted by molar-refractivity contribution is 6.02. The van der Waals surface area contributed by atoms with Crippen molar-refractivity contribution in [1.29, 1.82) is 5.26 Å². The van der Waals surface area contributed by atoms with E-state index in [0.717, 1.165) is 11.1 Å². The number of fused-ring (bicyclic) bond motifs is 2. The maximum absolute atomic E-state index is 12.7. The Morgan fingerprint density at radius 3 is 2.83 bits per heavy atom. The van der Waals surface area contributed by atoms with Crippen molar-refractivity contribution >= 4 is 17.4 Å². The molecule has 2 N–H and O–H groups in total. The van der Waals surface area contributed by atoms with E-state index in [0.29, 0.717) is 48.6 Å². The van der Waals surface area contributed by atoms with Crippen molar-refractivity contribution in [2.45, 2.75) is 31.7 Å². The fourth-order valence-electron chi connectivity index (χ4n) is 4.24. The number of halogens is 2. The Labute approximate surface area is 166 Å². The number of nitrogens with one attached hydrogen (secondary N) is 2. The number of amides is 1. The zero-order chi connectivity index (χ0) is 20.6. The number of hydrogen-bond donors (Lipinski definition) is 2. The minimum absolute atomic E-state index is 0.133. The Kier molecular flexibility index (Phi) is 4.88. The number of likely N-dealkylation sites (tertiary alicyclic amines) is 1. The molecular formula is C20H20F2N6O. The van der Waals surface area contributed by atoms with Gasteiger partial charge in [0.2, 0.25) is 0 Å². The largest absolute Gasteiger partial charge is 0.342 e. The first kappa shape index (κ1) is 19.2. The van der Waals surface area contributed by atoms with Crippen LogP contribution < -0.4 is 10.6 Å².